The first-order valence-corrected chi connectivity index (χ1v) is 7.19. The Hall–Kier alpha value is -3.14. The summed E-state index contributed by atoms with van der Waals surface area (Å²) >= 11 is 0. The molecule has 0 aromatic heterocycles. The van der Waals surface area contributed by atoms with Gasteiger partial charge >= 0.3 is 0 Å². The normalized spacial score (nSPS) is 15.0. The number of amides is 2. The topological polar surface area (TPSA) is 55.4 Å². The van der Waals surface area contributed by atoms with Gasteiger partial charge in [0.25, 0.3) is 11.8 Å². The lowest BCUT2D eigenvalue weighted by atomic mass is 9.93. The lowest BCUT2D eigenvalue weighted by molar-refractivity contribution is -0.114. The predicted molar refractivity (Wildman–Crippen MR) is 88.9 cm³/mol. The molecule has 0 radical (unpaired) electrons. The van der Waals surface area contributed by atoms with Crippen LogP contribution in [-0.2, 0) is 4.79 Å². The highest BCUT2D eigenvalue weighted by Crippen LogP contribution is 2.26. The smallest absolute Gasteiger partial charge is 0.258 e. The Morgan fingerprint density at radius 1 is 0.957 bits per heavy atom. The lowest BCUT2D eigenvalue weighted by Crippen LogP contribution is -2.36. The Balaban J connectivity index is 1.95. The number of rotatable bonds is 4. The minimum absolute atomic E-state index is 0.365. The average Bonchev–Trinajstić information content (AvgIpc) is 2.58. The zero-order chi connectivity index (χ0) is 16.2. The number of imide groups is 1. The fourth-order valence-electron chi connectivity index (χ4n) is 2.40. The van der Waals surface area contributed by atoms with E-state index in [0.717, 1.165) is 11.3 Å². The maximum Gasteiger partial charge on any atom is 0.258 e. The molecule has 23 heavy (non-hydrogen) atoms. The number of benzene rings is 2. The number of hydrogen-bond donors (Lipinski definition) is 1. The molecule has 2 aromatic rings. The number of hydrogen-bond acceptors (Lipinski definition) is 3. The van der Waals surface area contributed by atoms with Gasteiger partial charge in [0.15, 0.2) is 0 Å². The summed E-state index contributed by atoms with van der Waals surface area (Å²) in [7, 11) is 0. The number of carbonyl (C=O) groups is 2. The zero-order valence-electron chi connectivity index (χ0n) is 12.4. The highest BCUT2D eigenvalue weighted by atomic mass is 16.5. The highest BCUT2D eigenvalue weighted by Gasteiger charge is 2.26. The molecule has 0 saturated carbocycles. The molecule has 0 bridgehead atoms. The van der Waals surface area contributed by atoms with Crippen molar-refractivity contribution >= 4 is 23.5 Å². The van der Waals surface area contributed by atoms with Crippen molar-refractivity contribution in [3.05, 3.63) is 77.9 Å². The van der Waals surface area contributed by atoms with Crippen LogP contribution in [0, 0.1) is 0 Å². The molecule has 1 N–H and O–H groups in total. The second-order valence-corrected chi connectivity index (χ2v) is 5.06. The molecular formula is C19H15NO3. The Morgan fingerprint density at radius 3 is 2.35 bits per heavy atom. The molecule has 0 unspecified atom stereocenters. The molecule has 0 atom stereocenters. The molecule has 4 heteroatoms. The highest BCUT2D eigenvalue weighted by molar-refractivity contribution is 6.33. The maximum atomic E-state index is 12.1. The molecule has 0 saturated heterocycles. The van der Waals surface area contributed by atoms with Crippen molar-refractivity contribution in [1.29, 1.82) is 0 Å². The summed E-state index contributed by atoms with van der Waals surface area (Å²) in [6, 6.07) is 14.4. The van der Waals surface area contributed by atoms with Gasteiger partial charge in [0.1, 0.15) is 12.4 Å². The van der Waals surface area contributed by atoms with Crippen molar-refractivity contribution in [2.75, 3.05) is 6.61 Å². The van der Waals surface area contributed by atoms with Crippen LogP contribution in [0.1, 0.15) is 21.5 Å². The SMILES string of the molecule is C=CCOc1ccc(/C=C2\C(=O)NC(=O)c3ccccc32)cc1. The van der Waals surface area contributed by atoms with Gasteiger partial charge < -0.3 is 4.74 Å². The van der Waals surface area contributed by atoms with Crippen LogP contribution in [0.4, 0.5) is 0 Å². The zero-order valence-corrected chi connectivity index (χ0v) is 12.4. The van der Waals surface area contributed by atoms with Crippen molar-refractivity contribution in [3.63, 3.8) is 0 Å². The van der Waals surface area contributed by atoms with Crippen LogP contribution in [0.5, 0.6) is 5.75 Å². The molecule has 0 fully saturated rings. The van der Waals surface area contributed by atoms with Gasteiger partial charge in [-0.3, -0.25) is 14.9 Å². The third kappa shape index (κ3) is 3.06. The molecule has 0 aliphatic carbocycles. The molecule has 1 heterocycles. The molecule has 2 aromatic carbocycles. The molecular weight excluding hydrogens is 290 g/mol. The van der Waals surface area contributed by atoms with E-state index in [4.69, 9.17) is 4.74 Å². The Morgan fingerprint density at radius 2 is 1.65 bits per heavy atom. The van der Waals surface area contributed by atoms with Crippen molar-refractivity contribution < 1.29 is 14.3 Å². The molecule has 1 aliphatic heterocycles. The molecule has 0 spiro atoms. The first-order valence-electron chi connectivity index (χ1n) is 7.19. The summed E-state index contributed by atoms with van der Waals surface area (Å²) in [4.78, 5) is 24.0. The standard InChI is InChI=1S/C19H15NO3/c1-2-11-23-14-9-7-13(8-10-14)12-17-15-5-3-4-6-16(15)18(21)20-19(17)22/h2-10,12H,1,11H2,(H,20,21,22)/b17-12-. The summed E-state index contributed by atoms with van der Waals surface area (Å²) < 4.78 is 5.43. The molecule has 4 nitrogen and oxygen atoms in total. The molecule has 114 valence electrons. The monoisotopic (exact) mass is 305 g/mol. The van der Waals surface area contributed by atoms with Gasteiger partial charge in [-0.25, -0.2) is 0 Å². The van der Waals surface area contributed by atoms with Crippen molar-refractivity contribution in [2.45, 2.75) is 0 Å². The van der Waals surface area contributed by atoms with Crippen molar-refractivity contribution in [3.8, 4) is 5.75 Å². The first kappa shape index (κ1) is 14.8. The third-order valence-corrected chi connectivity index (χ3v) is 3.49. The predicted octanol–water partition coefficient (Wildman–Crippen LogP) is 3.06. The van der Waals surface area contributed by atoms with E-state index in [9.17, 15) is 9.59 Å². The molecule has 2 amide bonds. The molecule has 1 aliphatic rings. The average molecular weight is 305 g/mol. The van der Waals surface area contributed by atoms with Crippen LogP contribution in [0.25, 0.3) is 11.6 Å². The van der Waals surface area contributed by atoms with Crippen LogP contribution in [0.2, 0.25) is 0 Å². The largest absolute Gasteiger partial charge is 0.490 e. The quantitative estimate of drug-likeness (QED) is 0.536. The Bertz CT molecular complexity index is 804. The minimum Gasteiger partial charge on any atom is -0.490 e. The van der Waals surface area contributed by atoms with Gasteiger partial charge in [-0.1, -0.05) is 43.0 Å². The van der Waals surface area contributed by atoms with Gasteiger partial charge in [-0.15, -0.1) is 0 Å². The summed E-state index contributed by atoms with van der Waals surface area (Å²) in [5.74, 6) is -0.0210. The second-order valence-electron chi connectivity index (χ2n) is 5.06. The minimum atomic E-state index is -0.388. The van der Waals surface area contributed by atoms with Gasteiger partial charge in [-0.05, 0) is 35.4 Å². The number of fused-ring (bicyclic) bond motifs is 1. The van der Waals surface area contributed by atoms with Gasteiger partial charge in [0, 0.05) is 11.1 Å². The van der Waals surface area contributed by atoms with E-state index in [-0.39, 0.29) is 11.8 Å². The maximum absolute atomic E-state index is 12.1. The van der Waals surface area contributed by atoms with Crippen molar-refractivity contribution in [1.82, 2.24) is 5.32 Å². The van der Waals surface area contributed by atoms with Crippen LogP contribution in [0.3, 0.4) is 0 Å². The van der Waals surface area contributed by atoms with Gasteiger partial charge in [0.2, 0.25) is 0 Å². The lowest BCUT2D eigenvalue weighted by Gasteiger charge is -2.18. The van der Waals surface area contributed by atoms with Crippen LogP contribution in [-0.4, -0.2) is 18.4 Å². The summed E-state index contributed by atoms with van der Waals surface area (Å²) in [6.07, 6.45) is 3.44. The van der Waals surface area contributed by atoms with E-state index in [1.807, 2.05) is 30.3 Å². The van der Waals surface area contributed by atoms with Gasteiger partial charge in [0.05, 0.1) is 0 Å². The number of carbonyl (C=O) groups excluding carboxylic acids is 2. The van der Waals surface area contributed by atoms with E-state index in [0.29, 0.717) is 23.3 Å². The fraction of sp³-hybridized carbons (Fsp3) is 0.0526. The van der Waals surface area contributed by atoms with E-state index in [2.05, 4.69) is 11.9 Å². The fourth-order valence-corrected chi connectivity index (χ4v) is 2.40. The van der Waals surface area contributed by atoms with Gasteiger partial charge in [-0.2, -0.15) is 0 Å². The second kappa shape index (κ2) is 6.32. The Kier molecular flexibility index (Phi) is 4.06. The van der Waals surface area contributed by atoms with Crippen LogP contribution >= 0.6 is 0 Å². The van der Waals surface area contributed by atoms with E-state index in [1.54, 1.807) is 30.4 Å². The summed E-state index contributed by atoms with van der Waals surface area (Å²) in [5, 5.41) is 2.36. The summed E-state index contributed by atoms with van der Waals surface area (Å²) in [5.41, 5.74) is 2.47. The van der Waals surface area contributed by atoms with Crippen molar-refractivity contribution in [2.24, 2.45) is 0 Å². The Labute approximate surface area is 134 Å². The first-order chi connectivity index (χ1) is 11.2. The van der Waals surface area contributed by atoms with E-state index < -0.39 is 0 Å². The van der Waals surface area contributed by atoms with E-state index >= 15 is 0 Å². The number of nitrogens with one attached hydrogen (secondary N) is 1. The number of ether oxygens (including phenoxy) is 1. The summed E-state index contributed by atoms with van der Waals surface area (Å²) in [6.45, 7) is 4.04. The van der Waals surface area contributed by atoms with E-state index in [1.165, 1.54) is 0 Å². The molecule has 3 rings (SSSR count). The van der Waals surface area contributed by atoms with Crippen LogP contribution in [0.15, 0.2) is 61.2 Å². The van der Waals surface area contributed by atoms with Crippen LogP contribution < -0.4 is 10.1 Å². The third-order valence-electron chi connectivity index (χ3n) is 3.49.